The van der Waals surface area contributed by atoms with E-state index in [-0.39, 0.29) is 24.1 Å². The molecule has 0 bridgehead atoms. The van der Waals surface area contributed by atoms with Crippen LogP contribution in [-0.2, 0) is 13.6 Å². The third-order valence-corrected chi connectivity index (χ3v) is 5.58. The molecule has 0 aromatic heterocycles. The Balaban J connectivity index is 5.69. The van der Waals surface area contributed by atoms with Gasteiger partial charge in [0.05, 0.1) is 12.2 Å². The molecule has 0 aliphatic heterocycles. The Kier molecular flexibility index (Phi) is 7.94. The second-order valence-corrected chi connectivity index (χ2v) is 7.72. The predicted molar refractivity (Wildman–Crippen MR) is 83.7 cm³/mol. The average Bonchev–Trinajstić information content (AvgIpc) is 2.25. The summed E-state index contributed by atoms with van der Waals surface area (Å²) < 4.78 is 24.5. The van der Waals surface area contributed by atoms with Crippen molar-refractivity contribution in [2.75, 3.05) is 7.05 Å². The van der Waals surface area contributed by atoms with Crippen LogP contribution in [0.3, 0.4) is 0 Å². The molecule has 8 heteroatoms. The molecule has 122 valence electrons. The Labute approximate surface area is 127 Å². The minimum atomic E-state index is -3.48. The number of hydrogen-bond donors (Lipinski definition) is 1. The van der Waals surface area contributed by atoms with Crippen molar-refractivity contribution in [1.82, 2.24) is 4.90 Å². The molecule has 0 unspecified atom stereocenters. The second kappa shape index (κ2) is 8.38. The predicted octanol–water partition coefficient (Wildman–Crippen LogP) is 2.74. The molecule has 7 nitrogen and oxygen atoms in total. The summed E-state index contributed by atoms with van der Waals surface area (Å²) in [4.78, 5) is 4.98. The smallest absolute Gasteiger partial charge is 0.353 e. The number of nitriles is 1. The minimum Gasteiger partial charge on any atom is -0.369 e. The highest BCUT2D eigenvalue weighted by Crippen LogP contribution is 2.58. The summed E-state index contributed by atoms with van der Waals surface area (Å²) in [5.41, 5.74) is 5.75. The highest BCUT2D eigenvalue weighted by Gasteiger charge is 2.43. The van der Waals surface area contributed by atoms with E-state index in [9.17, 15) is 4.57 Å². The Morgan fingerprint density at radius 3 is 1.90 bits per heavy atom. The fourth-order valence-corrected chi connectivity index (χ4v) is 4.77. The minimum absolute atomic E-state index is 0.0175. The van der Waals surface area contributed by atoms with Crippen molar-refractivity contribution in [3.8, 4) is 6.19 Å². The van der Waals surface area contributed by atoms with Crippen LogP contribution in [0.5, 0.6) is 0 Å². The lowest BCUT2D eigenvalue weighted by Gasteiger charge is -2.37. The molecule has 21 heavy (non-hydrogen) atoms. The highest BCUT2D eigenvalue weighted by molar-refractivity contribution is 7.54. The average molecular weight is 318 g/mol. The Morgan fingerprint density at radius 2 is 1.62 bits per heavy atom. The summed E-state index contributed by atoms with van der Waals surface area (Å²) in [5.74, 6) is -0.721. The summed E-state index contributed by atoms with van der Waals surface area (Å²) in [6.45, 7) is 10.9. The molecule has 1 atom stereocenters. The van der Waals surface area contributed by atoms with Crippen LogP contribution in [0.15, 0.2) is 4.99 Å². The van der Waals surface area contributed by atoms with Crippen LogP contribution in [0.4, 0.5) is 0 Å². The fourth-order valence-electron chi connectivity index (χ4n) is 2.03. The van der Waals surface area contributed by atoms with E-state index in [1.807, 2.05) is 13.8 Å². The molecule has 0 heterocycles. The lowest BCUT2D eigenvalue weighted by Crippen LogP contribution is -2.45. The number of aliphatic imine (C=N–C) groups is 1. The Hall–Kier alpha value is -1.09. The van der Waals surface area contributed by atoms with Crippen LogP contribution in [0.2, 0.25) is 0 Å². The highest BCUT2D eigenvalue weighted by atomic mass is 31.2. The van der Waals surface area contributed by atoms with Crippen LogP contribution in [0, 0.1) is 17.4 Å². The molecule has 0 amide bonds. The molecule has 0 saturated carbocycles. The van der Waals surface area contributed by atoms with Crippen LogP contribution in [0.25, 0.3) is 0 Å². The number of nitrogens with two attached hydrogens (primary N) is 1. The standard InChI is InChI=1S/C13H27N4O3P/c1-9(2)12(17(7)13(15)16-8-14)21(18,19-10(3)4)20-11(5)6/h9-12H,1-7H3,(H2,15,16)/t12-/m0/s1. The number of rotatable bonds is 7. The molecule has 0 aromatic carbocycles. The zero-order chi connectivity index (χ0) is 16.8. The lowest BCUT2D eigenvalue weighted by molar-refractivity contribution is 0.120. The van der Waals surface area contributed by atoms with E-state index in [0.29, 0.717) is 0 Å². The van der Waals surface area contributed by atoms with Gasteiger partial charge in [0.15, 0.2) is 0 Å². The van der Waals surface area contributed by atoms with Crippen molar-refractivity contribution in [3.63, 3.8) is 0 Å². The largest absolute Gasteiger partial charge is 0.369 e. The van der Waals surface area contributed by atoms with Crippen molar-refractivity contribution in [1.29, 1.82) is 5.26 Å². The molecule has 2 N–H and O–H groups in total. The van der Waals surface area contributed by atoms with Gasteiger partial charge in [0.25, 0.3) is 0 Å². The van der Waals surface area contributed by atoms with E-state index in [0.717, 1.165) is 0 Å². The van der Waals surface area contributed by atoms with Gasteiger partial charge >= 0.3 is 7.60 Å². The zero-order valence-corrected chi connectivity index (χ0v) is 14.8. The molecule has 0 aromatic rings. The first-order valence-electron chi connectivity index (χ1n) is 6.96. The van der Waals surface area contributed by atoms with Gasteiger partial charge in [0, 0.05) is 7.05 Å². The molecule has 0 aliphatic rings. The molecule has 0 spiro atoms. The molecule has 0 saturated heterocycles. The monoisotopic (exact) mass is 318 g/mol. The van der Waals surface area contributed by atoms with Crippen LogP contribution in [0.1, 0.15) is 41.5 Å². The molecular weight excluding hydrogens is 291 g/mol. The van der Waals surface area contributed by atoms with Gasteiger partial charge in [-0.05, 0) is 33.6 Å². The van der Waals surface area contributed by atoms with E-state index in [1.54, 1.807) is 40.9 Å². The molecule has 0 fully saturated rings. The van der Waals surface area contributed by atoms with Gasteiger partial charge in [0.1, 0.15) is 5.78 Å². The van der Waals surface area contributed by atoms with Crippen molar-refractivity contribution in [2.24, 2.45) is 16.6 Å². The second-order valence-electron chi connectivity index (χ2n) is 5.69. The molecular formula is C13H27N4O3P. The van der Waals surface area contributed by atoms with Gasteiger partial charge in [-0.15, -0.1) is 4.99 Å². The summed E-state index contributed by atoms with van der Waals surface area (Å²) in [7, 11) is -1.85. The summed E-state index contributed by atoms with van der Waals surface area (Å²) >= 11 is 0. The third-order valence-electron chi connectivity index (χ3n) is 2.56. The van der Waals surface area contributed by atoms with E-state index in [4.69, 9.17) is 20.0 Å². The van der Waals surface area contributed by atoms with Crippen molar-refractivity contribution in [2.45, 2.75) is 59.5 Å². The van der Waals surface area contributed by atoms with E-state index in [2.05, 4.69) is 4.99 Å². The molecule has 0 aliphatic carbocycles. The Bertz CT molecular complexity index is 429. The van der Waals surface area contributed by atoms with Gasteiger partial charge < -0.3 is 19.7 Å². The maximum absolute atomic E-state index is 13.2. The van der Waals surface area contributed by atoms with Gasteiger partial charge in [-0.3, -0.25) is 4.57 Å². The number of nitrogens with zero attached hydrogens (tertiary/aromatic N) is 3. The first-order valence-corrected chi connectivity index (χ1v) is 8.58. The van der Waals surface area contributed by atoms with Gasteiger partial charge in [0.2, 0.25) is 12.2 Å². The SMILES string of the molecule is CC(C)OP(=O)(OC(C)C)[C@@H](C(C)C)N(C)C(N)=NC#N. The van der Waals surface area contributed by atoms with Crippen molar-refractivity contribution < 1.29 is 13.6 Å². The van der Waals surface area contributed by atoms with E-state index < -0.39 is 13.4 Å². The van der Waals surface area contributed by atoms with Crippen molar-refractivity contribution in [3.05, 3.63) is 0 Å². The topological polar surface area (TPSA) is 101 Å². The molecule has 0 radical (unpaired) electrons. The normalized spacial score (nSPS) is 14.6. The third kappa shape index (κ3) is 6.04. The van der Waals surface area contributed by atoms with Crippen molar-refractivity contribution >= 4 is 13.6 Å². The fraction of sp³-hybridized carbons (Fsp3) is 0.846. The van der Waals surface area contributed by atoms with E-state index in [1.165, 1.54) is 4.90 Å². The van der Waals surface area contributed by atoms with Crippen LogP contribution < -0.4 is 5.73 Å². The summed E-state index contributed by atoms with van der Waals surface area (Å²) in [6, 6.07) is 0. The molecule has 0 rings (SSSR count). The van der Waals surface area contributed by atoms with E-state index >= 15 is 0 Å². The first-order chi connectivity index (χ1) is 9.55. The quantitative estimate of drug-likeness (QED) is 0.335. The maximum Gasteiger partial charge on any atom is 0.353 e. The van der Waals surface area contributed by atoms with Crippen LogP contribution >= 0.6 is 7.60 Å². The van der Waals surface area contributed by atoms with Crippen LogP contribution in [-0.4, -0.2) is 35.9 Å². The summed E-state index contributed by atoms with van der Waals surface area (Å²) in [6.07, 6.45) is 1.09. The van der Waals surface area contributed by atoms with Gasteiger partial charge in [-0.1, -0.05) is 13.8 Å². The lowest BCUT2D eigenvalue weighted by atomic mass is 10.2. The first kappa shape index (κ1) is 19.9. The Morgan fingerprint density at radius 1 is 1.19 bits per heavy atom. The maximum atomic E-state index is 13.2. The summed E-state index contributed by atoms with van der Waals surface area (Å²) in [5, 5.41) is 8.62. The number of guanidine groups is 1. The zero-order valence-electron chi connectivity index (χ0n) is 13.9. The van der Waals surface area contributed by atoms with Gasteiger partial charge in [-0.2, -0.15) is 5.26 Å². The number of hydrogen-bond acceptors (Lipinski definition) is 5. The van der Waals surface area contributed by atoms with Gasteiger partial charge in [-0.25, -0.2) is 0 Å².